The van der Waals surface area contributed by atoms with Crippen LogP contribution in [0.25, 0.3) is 5.57 Å². The van der Waals surface area contributed by atoms with E-state index in [0.29, 0.717) is 26.9 Å². The number of amides is 2. The number of thiocarbonyl (C=S) groups is 1. The summed E-state index contributed by atoms with van der Waals surface area (Å²) in [5, 5.41) is 0. The number of carbonyl (C=O) groups excluding carboxylic acids is 3. The molecular formula is C18H17BrN2O4S2. The minimum atomic E-state index is -0.386. The summed E-state index contributed by atoms with van der Waals surface area (Å²) in [5.41, 5.74) is 1.85. The summed E-state index contributed by atoms with van der Waals surface area (Å²) in [5.74, 6) is -0.944. The lowest BCUT2D eigenvalue weighted by molar-refractivity contribution is -0.143. The molecule has 1 fully saturated rings. The summed E-state index contributed by atoms with van der Waals surface area (Å²) < 4.78 is 6.06. The second-order valence-electron chi connectivity index (χ2n) is 5.79. The molecule has 2 aliphatic heterocycles. The van der Waals surface area contributed by atoms with E-state index in [1.807, 2.05) is 25.1 Å². The molecule has 0 bridgehead atoms. The van der Waals surface area contributed by atoms with Crippen LogP contribution in [0, 0.1) is 0 Å². The van der Waals surface area contributed by atoms with Gasteiger partial charge in [0.1, 0.15) is 4.32 Å². The first-order valence-electron chi connectivity index (χ1n) is 8.44. The van der Waals surface area contributed by atoms with E-state index in [-0.39, 0.29) is 37.4 Å². The van der Waals surface area contributed by atoms with Gasteiger partial charge < -0.3 is 9.64 Å². The summed E-state index contributed by atoms with van der Waals surface area (Å²) in [4.78, 5) is 40.8. The van der Waals surface area contributed by atoms with Gasteiger partial charge in [-0.25, -0.2) is 0 Å². The molecule has 0 N–H and O–H groups in total. The number of esters is 1. The minimum absolute atomic E-state index is 0.0556. The van der Waals surface area contributed by atoms with Gasteiger partial charge in [0.25, 0.3) is 11.8 Å². The van der Waals surface area contributed by atoms with E-state index in [1.165, 1.54) is 4.90 Å². The quantitative estimate of drug-likeness (QED) is 0.375. The summed E-state index contributed by atoms with van der Waals surface area (Å²) in [6, 6.07) is 5.56. The van der Waals surface area contributed by atoms with Gasteiger partial charge >= 0.3 is 5.97 Å². The number of hydrogen-bond acceptors (Lipinski definition) is 6. The summed E-state index contributed by atoms with van der Waals surface area (Å²) in [6.45, 7) is 4.53. The molecule has 2 amide bonds. The highest BCUT2D eigenvalue weighted by Crippen LogP contribution is 2.45. The number of fused-ring (bicyclic) bond motifs is 1. The summed E-state index contributed by atoms with van der Waals surface area (Å²) in [7, 11) is 0. The van der Waals surface area contributed by atoms with E-state index in [0.717, 1.165) is 21.9 Å². The molecule has 0 saturated carbocycles. The van der Waals surface area contributed by atoms with Gasteiger partial charge in [0, 0.05) is 23.1 Å². The third-order valence-electron chi connectivity index (χ3n) is 4.22. The Morgan fingerprint density at radius 3 is 2.63 bits per heavy atom. The highest BCUT2D eigenvalue weighted by Gasteiger charge is 2.41. The highest BCUT2D eigenvalue weighted by atomic mass is 79.9. The zero-order valence-electron chi connectivity index (χ0n) is 14.8. The topological polar surface area (TPSA) is 66.9 Å². The molecule has 0 spiro atoms. The first kappa shape index (κ1) is 20.0. The van der Waals surface area contributed by atoms with Crippen molar-refractivity contribution in [3.05, 3.63) is 33.1 Å². The molecule has 0 unspecified atom stereocenters. The number of carbonyl (C=O) groups is 3. The van der Waals surface area contributed by atoms with Crippen molar-refractivity contribution in [3.8, 4) is 0 Å². The number of rotatable bonds is 5. The third-order valence-corrected chi connectivity index (χ3v) is 6.16. The zero-order valence-corrected chi connectivity index (χ0v) is 18.0. The number of thioether (sulfide) groups is 1. The number of ether oxygens (including phenoxy) is 1. The second-order valence-corrected chi connectivity index (χ2v) is 8.35. The van der Waals surface area contributed by atoms with Crippen LogP contribution in [0.1, 0.15) is 25.8 Å². The highest BCUT2D eigenvalue weighted by molar-refractivity contribution is 9.10. The van der Waals surface area contributed by atoms with Gasteiger partial charge in [-0.15, -0.1) is 0 Å². The molecule has 2 aliphatic rings. The Labute approximate surface area is 175 Å². The average Bonchev–Trinajstić information content (AvgIpc) is 3.05. The van der Waals surface area contributed by atoms with Crippen molar-refractivity contribution < 1.29 is 19.1 Å². The third kappa shape index (κ3) is 3.68. The molecule has 0 aromatic heterocycles. The molecule has 27 heavy (non-hydrogen) atoms. The summed E-state index contributed by atoms with van der Waals surface area (Å²) in [6.07, 6.45) is 0.0556. The van der Waals surface area contributed by atoms with Gasteiger partial charge in [-0.1, -0.05) is 39.9 Å². The van der Waals surface area contributed by atoms with Gasteiger partial charge in [0.15, 0.2) is 0 Å². The fourth-order valence-electron chi connectivity index (χ4n) is 3.02. The Hall–Kier alpha value is -1.71. The van der Waals surface area contributed by atoms with Crippen molar-refractivity contribution in [2.24, 2.45) is 0 Å². The standard InChI is InChI=1S/C18H17BrN2O4S2/c1-3-20-12-6-5-10(19)9-11(12)14(16(20)23)15-17(24)21(18(26)27-15)8-7-13(22)25-4-2/h5-6,9H,3-4,7-8H2,1-2H3/b15-14-. The van der Waals surface area contributed by atoms with E-state index in [9.17, 15) is 14.4 Å². The fraction of sp³-hybridized carbons (Fsp3) is 0.333. The average molecular weight is 469 g/mol. The van der Waals surface area contributed by atoms with Crippen molar-refractivity contribution in [2.45, 2.75) is 20.3 Å². The van der Waals surface area contributed by atoms with Crippen molar-refractivity contribution in [1.29, 1.82) is 0 Å². The molecule has 1 saturated heterocycles. The number of nitrogens with zero attached hydrogens (tertiary/aromatic N) is 2. The molecule has 0 radical (unpaired) electrons. The van der Waals surface area contributed by atoms with Crippen LogP contribution in [0.15, 0.2) is 27.6 Å². The number of halogens is 1. The minimum Gasteiger partial charge on any atom is -0.466 e. The monoisotopic (exact) mass is 468 g/mol. The Morgan fingerprint density at radius 2 is 1.96 bits per heavy atom. The van der Waals surface area contributed by atoms with Gasteiger partial charge in [0.2, 0.25) is 0 Å². The Balaban J connectivity index is 1.96. The zero-order chi connectivity index (χ0) is 19.7. The van der Waals surface area contributed by atoms with E-state index in [2.05, 4.69) is 15.9 Å². The van der Waals surface area contributed by atoms with Crippen LogP contribution in [0.2, 0.25) is 0 Å². The molecule has 6 nitrogen and oxygen atoms in total. The van der Waals surface area contributed by atoms with Gasteiger partial charge in [-0.3, -0.25) is 19.3 Å². The van der Waals surface area contributed by atoms with Crippen molar-refractivity contribution in [2.75, 3.05) is 24.6 Å². The number of benzene rings is 1. The van der Waals surface area contributed by atoms with Gasteiger partial charge in [-0.2, -0.15) is 0 Å². The van der Waals surface area contributed by atoms with Crippen LogP contribution in [-0.2, 0) is 19.1 Å². The Kier molecular flexibility index (Phi) is 6.02. The first-order chi connectivity index (χ1) is 12.9. The van der Waals surface area contributed by atoms with Crippen molar-refractivity contribution >= 4 is 73.3 Å². The largest absolute Gasteiger partial charge is 0.466 e. The van der Waals surface area contributed by atoms with Crippen LogP contribution in [-0.4, -0.2) is 46.7 Å². The summed E-state index contributed by atoms with van der Waals surface area (Å²) >= 11 is 9.84. The van der Waals surface area contributed by atoms with E-state index in [4.69, 9.17) is 17.0 Å². The molecular weight excluding hydrogens is 452 g/mol. The maximum Gasteiger partial charge on any atom is 0.307 e. The van der Waals surface area contributed by atoms with Crippen molar-refractivity contribution in [3.63, 3.8) is 0 Å². The van der Waals surface area contributed by atoms with Crippen LogP contribution in [0.5, 0.6) is 0 Å². The van der Waals surface area contributed by atoms with Gasteiger partial charge in [-0.05, 0) is 32.0 Å². The van der Waals surface area contributed by atoms with E-state index in [1.54, 1.807) is 11.8 Å². The molecule has 0 atom stereocenters. The fourth-order valence-corrected chi connectivity index (χ4v) is 4.76. The first-order valence-corrected chi connectivity index (χ1v) is 10.5. The van der Waals surface area contributed by atoms with Crippen LogP contribution in [0.4, 0.5) is 5.69 Å². The molecule has 142 valence electrons. The molecule has 3 rings (SSSR count). The number of hydrogen-bond donors (Lipinski definition) is 0. The molecule has 1 aromatic rings. The molecule has 9 heteroatoms. The maximum atomic E-state index is 13.0. The predicted octanol–water partition coefficient (Wildman–Crippen LogP) is 3.34. The van der Waals surface area contributed by atoms with E-state index >= 15 is 0 Å². The smallest absolute Gasteiger partial charge is 0.307 e. The molecule has 2 heterocycles. The molecule has 1 aromatic carbocycles. The van der Waals surface area contributed by atoms with E-state index < -0.39 is 0 Å². The SMILES string of the molecule is CCOC(=O)CCN1C(=O)/C(=C2/C(=O)N(CC)c3ccc(Br)cc32)SC1=S. The lowest BCUT2D eigenvalue weighted by Gasteiger charge is -2.14. The maximum absolute atomic E-state index is 13.0. The van der Waals surface area contributed by atoms with Crippen LogP contribution < -0.4 is 4.90 Å². The lowest BCUT2D eigenvalue weighted by atomic mass is 10.1. The van der Waals surface area contributed by atoms with Gasteiger partial charge in [0.05, 0.1) is 29.2 Å². The number of likely N-dealkylation sites (N-methyl/N-ethyl adjacent to an activating group) is 1. The Morgan fingerprint density at radius 1 is 1.22 bits per heavy atom. The van der Waals surface area contributed by atoms with Crippen molar-refractivity contribution in [1.82, 2.24) is 4.90 Å². The van der Waals surface area contributed by atoms with Crippen LogP contribution >= 0.6 is 39.9 Å². The second kappa shape index (κ2) is 8.12. The molecule has 0 aliphatic carbocycles. The van der Waals surface area contributed by atoms with Crippen LogP contribution in [0.3, 0.4) is 0 Å². The lowest BCUT2D eigenvalue weighted by Crippen LogP contribution is -2.31. The number of anilines is 1. The Bertz CT molecular complexity index is 884. The normalized spacial score (nSPS) is 19.1. The predicted molar refractivity (Wildman–Crippen MR) is 112 cm³/mol.